The van der Waals surface area contributed by atoms with Crippen molar-refractivity contribution in [2.45, 2.75) is 25.1 Å². The van der Waals surface area contributed by atoms with Gasteiger partial charge in [-0.15, -0.1) is 0 Å². The van der Waals surface area contributed by atoms with Gasteiger partial charge in [0.2, 0.25) is 0 Å². The lowest BCUT2D eigenvalue weighted by molar-refractivity contribution is -0.138. The molecule has 0 amide bonds. The van der Waals surface area contributed by atoms with Gasteiger partial charge in [0.1, 0.15) is 12.4 Å². The van der Waals surface area contributed by atoms with Gasteiger partial charge in [0.25, 0.3) is 0 Å². The van der Waals surface area contributed by atoms with E-state index in [1.54, 1.807) is 0 Å². The summed E-state index contributed by atoms with van der Waals surface area (Å²) in [6.45, 7) is 2.20. The average Bonchev–Trinajstić information content (AvgIpc) is 2.44. The van der Waals surface area contributed by atoms with Gasteiger partial charge >= 0.3 is 6.18 Å². The number of hydrogen-bond donors (Lipinski definition) is 1. The summed E-state index contributed by atoms with van der Waals surface area (Å²) in [5, 5.41) is 3.26. The Hall–Kier alpha value is -1.27. The van der Waals surface area contributed by atoms with Crippen molar-refractivity contribution < 1.29 is 22.6 Å². The lowest BCUT2D eigenvalue weighted by atomic mass is 10.1. The van der Waals surface area contributed by atoms with Crippen LogP contribution in [0.25, 0.3) is 0 Å². The summed E-state index contributed by atoms with van der Waals surface area (Å²) in [6.07, 6.45) is -2.52. The van der Waals surface area contributed by atoms with Crippen LogP contribution in [0.2, 0.25) is 0 Å². The second kappa shape index (κ2) is 6.95. The molecule has 2 rings (SSSR count). The Labute approximate surface area is 116 Å². The fourth-order valence-corrected chi connectivity index (χ4v) is 2.15. The Balaban J connectivity index is 1.79. The Kier molecular flexibility index (Phi) is 5.25. The quantitative estimate of drug-likeness (QED) is 0.846. The van der Waals surface area contributed by atoms with Gasteiger partial charge in [-0.25, -0.2) is 0 Å². The zero-order valence-corrected chi connectivity index (χ0v) is 11.1. The third kappa shape index (κ3) is 4.38. The molecule has 0 atom stereocenters. The molecule has 112 valence electrons. The first-order valence-electron chi connectivity index (χ1n) is 6.67. The van der Waals surface area contributed by atoms with E-state index in [1.165, 1.54) is 18.2 Å². The van der Waals surface area contributed by atoms with Crippen molar-refractivity contribution >= 4 is 0 Å². The zero-order chi connectivity index (χ0) is 14.4. The van der Waals surface area contributed by atoms with Crippen molar-refractivity contribution in [1.29, 1.82) is 0 Å². The van der Waals surface area contributed by atoms with Crippen molar-refractivity contribution in [1.82, 2.24) is 5.32 Å². The number of benzene rings is 1. The highest BCUT2D eigenvalue weighted by Crippen LogP contribution is 2.35. The van der Waals surface area contributed by atoms with E-state index in [2.05, 4.69) is 5.32 Å². The van der Waals surface area contributed by atoms with E-state index < -0.39 is 11.7 Å². The predicted octanol–water partition coefficient (Wildman–Crippen LogP) is 2.85. The van der Waals surface area contributed by atoms with Crippen LogP contribution in [0, 0.1) is 0 Å². The molecule has 1 saturated heterocycles. The van der Waals surface area contributed by atoms with Gasteiger partial charge in [0, 0.05) is 25.8 Å². The molecule has 0 unspecified atom stereocenters. The Morgan fingerprint density at radius 3 is 2.60 bits per heavy atom. The zero-order valence-electron chi connectivity index (χ0n) is 11.1. The molecule has 0 bridgehead atoms. The van der Waals surface area contributed by atoms with Crippen molar-refractivity contribution in [3.8, 4) is 5.75 Å². The summed E-state index contributed by atoms with van der Waals surface area (Å²) in [5.41, 5.74) is -0.730. The van der Waals surface area contributed by atoms with Gasteiger partial charge in [-0.2, -0.15) is 13.2 Å². The van der Waals surface area contributed by atoms with E-state index in [1.807, 2.05) is 0 Å². The number of alkyl halides is 3. The third-order valence-corrected chi connectivity index (χ3v) is 3.21. The van der Waals surface area contributed by atoms with Crippen LogP contribution in [-0.2, 0) is 10.9 Å². The Bertz CT molecular complexity index is 417. The minimum Gasteiger partial charge on any atom is -0.492 e. The molecule has 1 heterocycles. The molecule has 1 fully saturated rings. The number of rotatable bonds is 5. The maximum absolute atomic E-state index is 12.7. The fraction of sp³-hybridized carbons (Fsp3) is 0.571. The first-order chi connectivity index (χ1) is 9.57. The molecule has 20 heavy (non-hydrogen) atoms. The minimum absolute atomic E-state index is 0.117. The maximum Gasteiger partial charge on any atom is 0.419 e. The lowest BCUT2D eigenvalue weighted by Crippen LogP contribution is -2.37. The highest BCUT2D eigenvalue weighted by atomic mass is 19.4. The second-order valence-corrected chi connectivity index (χ2v) is 4.68. The number of hydrogen-bond acceptors (Lipinski definition) is 3. The number of halogens is 3. The molecule has 1 N–H and O–H groups in total. The van der Waals surface area contributed by atoms with Crippen LogP contribution in [0.4, 0.5) is 13.2 Å². The predicted molar refractivity (Wildman–Crippen MR) is 68.8 cm³/mol. The van der Waals surface area contributed by atoms with Crippen LogP contribution >= 0.6 is 0 Å². The Morgan fingerprint density at radius 2 is 1.90 bits per heavy atom. The van der Waals surface area contributed by atoms with Gasteiger partial charge < -0.3 is 14.8 Å². The van der Waals surface area contributed by atoms with Gasteiger partial charge in [-0.3, -0.25) is 0 Å². The number of para-hydroxylation sites is 1. The molecule has 0 radical (unpaired) electrons. The van der Waals surface area contributed by atoms with Crippen LogP contribution in [0.5, 0.6) is 5.75 Å². The van der Waals surface area contributed by atoms with Crippen LogP contribution in [0.1, 0.15) is 18.4 Å². The summed E-state index contributed by atoms with van der Waals surface area (Å²) in [4.78, 5) is 0. The Morgan fingerprint density at radius 1 is 1.20 bits per heavy atom. The molecular weight excluding hydrogens is 271 g/mol. The molecule has 1 aliphatic heterocycles. The van der Waals surface area contributed by atoms with Crippen molar-refractivity contribution in [2.24, 2.45) is 0 Å². The summed E-state index contributed by atoms with van der Waals surface area (Å²) >= 11 is 0. The summed E-state index contributed by atoms with van der Waals surface area (Å²) < 4.78 is 48.7. The molecule has 1 aliphatic rings. The highest BCUT2D eigenvalue weighted by molar-refractivity contribution is 5.35. The van der Waals surface area contributed by atoms with Crippen LogP contribution in [-0.4, -0.2) is 32.4 Å². The summed E-state index contributed by atoms with van der Waals surface area (Å²) in [5.74, 6) is -0.117. The number of ether oxygens (including phenoxy) is 2. The first-order valence-corrected chi connectivity index (χ1v) is 6.67. The number of nitrogens with one attached hydrogen (secondary N) is 1. The third-order valence-electron chi connectivity index (χ3n) is 3.21. The molecule has 0 spiro atoms. The van der Waals surface area contributed by atoms with E-state index in [9.17, 15) is 13.2 Å². The smallest absolute Gasteiger partial charge is 0.419 e. The van der Waals surface area contributed by atoms with Gasteiger partial charge in [0.05, 0.1) is 5.56 Å². The molecule has 1 aromatic rings. The monoisotopic (exact) mass is 289 g/mol. The minimum atomic E-state index is -4.38. The molecular formula is C14H18F3NO2. The topological polar surface area (TPSA) is 30.5 Å². The first kappa shape index (κ1) is 15.1. The fourth-order valence-electron chi connectivity index (χ4n) is 2.15. The molecule has 6 heteroatoms. The van der Waals surface area contributed by atoms with Gasteiger partial charge in [-0.1, -0.05) is 12.1 Å². The molecule has 1 aromatic carbocycles. The summed E-state index contributed by atoms with van der Waals surface area (Å²) in [6, 6.07) is 5.63. The van der Waals surface area contributed by atoms with E-state index in [0.717, 1.165) is 32.1 Å². The van der Waals surface area contributed by atoms with E-state index in [-0.39, 0.29) is 12.4 Å². The van der Waals surface area contributed by atoms with Crippen molar-refractivity contribution in [3.05, 3.63) is 29.8 Å². The molecule has 0 aromatic heterocycles. The highest BCUT2D eigenvalue weighted by Gasteiger charge is 2.33. The van der Waals surface area contributed by atoms with Gasteiger partial charge in [0.15, 0.2) is 0 Å². The van der Waals surface area contributed by atoms with Gasteiger partial charge in [-0.05, 0) is 25.0 Å². The standard InChI is InChI=1S/C14H18F3NO2/c15-14(16,17)12-3-1-2-4-13(12)20-10-7-18-11-5-8-19-9-6-11/h1-4,11,18H,5-10H2. The van der Waals surface area contributed by atoms with E-state index in [4.69, 9.17) is 9.47 Å². The molecule has 0 saturated carbocycles. The van der Waals surface area contributed by atoms with Crippen molar-refractivity contribution in [2.75, 3.05) is 26.4 Å². The van der Waals surface area contributed by atoms with Crippen molar-refractivity contribution in [3.63, 3.8) is 0 Å². The summed E-state index contributed by atoms with van der Waals surface area (Å²) in [7, 11) is 0. The van der Waals surface area contributed by atoms with Crippen LogP contribution in [0.15, 0.2) is 24.3 Å². The SMILES string of the molecule is FC(F)(F)c1ccccc1OCCNC1CCOCC1. The second-order valence-electron chi connectivity index (χ2n) is 4.68. The normalized spacial score (nSPS) is 17.1. The molecule has 3 nitrogen and oxygen atoms in total. The van der Waals surface area contributed by atoms with E-state index >= 15 is 0 Å². The lowest BCUT2D eigenvalue weighted by Gasteiger charge is -2.23. The van der Waals surface area contributed by atoms with Crippen LogP contribution in [0.3, 0.4) is 0 Å². The largest absolute Gasteiger partial charge is 0.492 e. The van der Waals surface area contributed by atoms with E-state index in [0.29, 0.717) is 12.6 Å². The average molecular weight is 289 g/mol. The molecule has 0 aliphatic carbocycles. The maximum atomic E-state index is 12.7. The van der Waals surface area contributed by atoms with Crippen LogP contribution < -0.4 is 10.1 Å².